The van der Waals surface area contributed by atoms with Crippen LogP contribution in [0.5, 0.6) is 11.5 Å². The number of imide groups is 2. The monoisotopic (exact) mass is 420 g/mol. The number of hydrogen-bond donors (Lipinski definition) is 1. The van der Waals surface area contributed by atoms with Crippen molar-refractivity contribution >= 4 is 29.6 Å². The molecular weight excluding hydrogens is 396 g/mol. The molecular formula is C24H24N2O5. The first-order valence-electron chi connectivity index (χ1n) is 9.85. The summed E-state index contributed by atoms with van der Waals surface area (Å²) in [5.74, 6) is -0.438. The van der Waals surface area contributed by atoms with Gasteiger partial charge in [-0.2, -0.15) is 0 Å². The minimum Gasteiger partial charge on any atom is -0.490 e. The zero-order valence-corrected chi connectivity index (χ0v) is 17.7. The number of nitrogens with zero attached hydrogens (tertiary/aromatic N) is 1. The third-order valence-corrected chi connectivity index (χ3v) is 4.63. The molecule has 4 amide bonds. The zero-order valence-electron chi connectivity index (χ0n) is 17.7. The molecule has 0 aliphatic carbocycles. The molecule has 3 rings (SSSR count). The second kappa shape index (κ2) is 9.30. The number of benzene rings is 2. The number of aryl methyl sites for hydroxylation is 2. The van der Waals surface area contributed by atoms with Crippen LogP contribution in [0, 0.1) is 13.8 Å². The van der Waals surface area contributed by atoms with E-state index in [0.717, 1.165) is 16.0 Å². The van der Waals surface area contributed by atoms with Crippen LogP contribution in [0.2, 0.25) is 0 Å². The molecule has 160 valence electrons. The fourth-order valence-corrected chi connectivity index (χ4v) is 3.25. The summed E-state index contributed by atoms with van der Waals surface area (Å²) in [6.45, 7) is 9.92. The second-order valence-corrected chi connectivity index (χ2v) is 6.99. The normalized spacial score (nSPS) is 15.1. The number of nitrogens with one attached hydrogen (secondary N) is 1. The first kappa shape index (κ1) is 21.8. The molecule has 0 bridgehead atoms. The number of ether oxygens (including phenoxy) is 2. The van der Waals surface area contributed by atoms with Gasteiger partial charge in [-0.25, -0.2) is 9.69 Å². The molecule has 2 aromatic rings. The van der Waals surface area contributed by atoms with Crippen molar-refractivity contribution in [1.82, 2.24) is 5.32 Å². The SMILES string of the molecule is C=CCOc1ccc(/C=C2\C(=O)NC(=O)N(c3ccc(C)cc3C)C2=O)cc1OCC. The third-order valence-electron chi connectivity index (χ3n) is 4.63. The van der Waals surface area contributed by atoms with Crippen LogP contribution < -0.4 is 19.7 Å². The number of amides is 4. The van der Waals surface area contributed by atoms with Gasteiger partial charge >= 0.3 is 6.03 Å². The lowest BCUT2D eigenvalue weighted by molar-refractivity contribution is -0.122. The van der Waals surface area contributed by atoms with Crippen LogP contribution in [0.3, 0.4) is 0 Å². The van der Waals surface area contributed by atoms with E-state index < -0.39 is 17.8 Å². The molecule has 7 heteroatoms. The van der Waals surface area contributed by atoms with E-state index in [-0.39, 0.29) is 5.57 Å². The van der Waals surface area contributed by atoms with Crippen LogP contribution in [0.1, 0.15) is 23.6 Å². The summed E-state index contributed by atoms with van der Waals surface area (Å²) in [7, 11) is 0. The maximum atomic E-state index is 13.1. The lowest BCUT2D eigenvalue weighted by atomic mass is 10.0. The second-order valence-electron chi connectivity index (χ2n) is 6.99. The molecule has 1 heterocycles. The highest BCUT2D eigenvalue weighted by Crippen LogP contribution is 2.31. The van der Waals surface area contributed by atoms with Crippen molar-refractivity contribution in [2.45, 2.75) is 20.8 Å². The van der Waals surface area contributed by atoms with Gasteiger partial charge in [-0.3, -0.25) is 14.9 Å². The van der Waals surface area contributed by atoms with Gasteiger partial charge in [-0.05, 0) is 56.2 Å². The number of carbonyl (C=O) groups excluding carboxylic acids is 3. The molecule has 0 radical (unpaired) electrons. The van der Waals surface area contributed by atoms with Crippen molar-refractivity contribution in [3.8, 4) is 11.5 Å². The summed E-state index contributed by atoms with van der Waals surface area (Å²) < 4.78 is 11.2. The van der Waals surface area contributed by atoms with E-state index >= 15 is 0 Å². The van der Waals surface area contributed by atoms with E-state index in [9.17, 15) is 14.4 Å². The van der Waals surface area contributed by atoms with Gasteiger partial charge in [0.2, 0.25) is 0 Å². The molecule has 0 aromatic heterocycles. The van der Waals surface area contributed by atoms with Gasteiger partial charge in [0.25, 0.3) is 11.8 Å². The van der Waals surface area contributed by atoms with Crippen LogP contribution >= 0.6 is 0 Å². The summed E-state index contributed by atoms with van der Waals surface area (Å²) in [4.78, 5) is 39.0. The lowest BCUT2D eigenvalue weighted by Crippen LogP contribution is -2.54. The Morgan fingerprint density at radius 1 is 1.03 bits per heavy atom. The number of anilines is 1. The minimum atomic E-state index is -0.776. The van der Waals surface area contributed by atoms with Crippen LogP contribution in [0.15, 0.2) is 54.6 Å². The number of carbonyl (C=O) groups is 3. The Kier molecular flexibility index (Phi) is 6.55. The Balaban J connectivity index is 1.99. The molecule has 1 fully saturated rings. The fraction of sp³-hybridized carbons (Fsp3) is 0.208. The van der Waals surface area contributed by atoms with Crippen molar-refractivity contribution in [2.75, 3.05) is 18.1 Å². The van der Waals surface area contributed by atoms with Gasteiger partial charge in [-0.15, -0.1) is 0 Å². The van der Waals surface area contributed by atoms with Gasteiger partial charge in [0.05, 0.1) is 12.3 Å². The van der Waals surface area contributed by atoms with Crippen LogP contribution in [-0.4, -0.2) is 31.1 Å². The molecule has 2 aromatic carbocycles. The van der Waals surface area contributed by atoms with Crippen molar-refractivity contribution in [1.29, 1.82) is 0 Å². The van der Waals surface area contributed by atoms with Gasteiger partial charge in [0.15, 0.2) is 11.5 Å². The summed E-state index contributed by atoms with van der Waals surface area (Å²) >= 11 is 0. The van der Waals surface area contributed by atoms with Crippen molar-refractivity contribution < 1.29 is 23.9 Å². The molecule has 0 saturated carbocycles. The maximum absolute atomic E-state index is 13.1. The molecule has 0 unspecified atom stereocenters. The smallest absolute Gasteiger partial charge is 0.335 e. The average Bonchev–Trinajstić information content (AvgIpc) is 2.72. The third kappa shape index (κ3) is 4.66. The Morgan fingerprint density at radius 3 is 2.48 bits per heavy atom. The number of rotatable bonds is 7. The molecule has 31 heavy (non-hydrogen) atoms. The Hall–Kier alpha value is -3.87. The number of hydrogen-bond acceptors (Lipinski definition) is 5. The van der Waals surface area contributed by atoms with E-state index in [4.69, 9.17) is 9.47 Å². The van der Waals surface area contributed by atoms with Crippen molar-refractivity contribution in [3.63, 3.8) is 0 Å². The Morgan fingerprint density at radius 2 is 1.81 bits per heavy atom. The molecule has 7 nitrogen and oxygen atoms in total. The zero-order chi connectivity index (χ0) is 22.5. The summed E-state index contributed by atoms with van der Waals surface area (Å²) in [5.41, 5.74) is 2.58. The molecule has 0 spiro atoms. The van der Waals surface area contributed by atoms with Crippen molar-refractivity contribution in [2.24, 2.45) is 0 Å². The number of urea groups is 1. The highest BCUT2D eigenvalue weighted by atomic mass is 16.5. The molecule has 0 atom stereocenters. The van der Waals surface area contributed by atoms with Gasteiger partial charge in [0, 0.05) is 0 Å². The molecule has 1 aliphatic rings. The van der Waals surface area contributed by atoms with Gasteiger partial charge < -0.3 is 9.47 Å². The largest absolute Gasteiger partial charge is 0.490 e. The average molecular weight is 420 g/mol. The maximum Gasteiger partial charge on any atom is 0.335 e. The fourth-order valence-electron chi connectivity index (χ4n) is 3.25. The van der Waals surface area contributed by atoms with E-state index in [1.165, 1.54) is 6.08 Å². The molecule has 1 N–H and O–H groups in total. The first-order valence-corrected chi connectivity index (χ1v) is 9.85. The molecule has 1 saturated heterocycles. The number of barbiturate groups is 1. The van der Waals surface area contributed by atoms with E-state index in [1.807, 2.05) is 19.9 Å². The Bertz CT molecular complexity index is 1090. The molecule has 1 aliphatic heterocycles. The predicted molar refractivity (Wildman–Crippen MR) is 118 cm³/mol. The van der Waals surface area contributed by atoms with E-state index in [1.54, 1.807) is 43.3 Å². The lowest BCUT2D eigenvalue weighted by Gasteiger charge is -2.27. The minimum absolute atomic E-state index is 0.151. The summed E-state index contributed by atoms with van der Waals surface area (Å²) in [6, 6.07) is 9.65. The van der Waals surface area contributed by atoms with Crippen molar-refractivity contribution in [3.05, 3.63) is 71.3 Å². The van der Waals surface area contributed by atoms with Crippen LogP contribution in [0.4, 0.5) is 10.5 Å². The highest BCUT2D eigenvalue weighted by Gasteiger charge is 2.37. The first-order chi connectivity index (χ1) is 14.8. The van der Waals surface area contributed by atoms with E-state index in [2.05, 4.69) is 11.9 Å². The predicted octanol–water partition coefficient (Wildman–Crippen LogP) is 3.93. The van der Waals surface area contributed by atoms with Gasteiger partial charge in [-0.1, -0.05) is 36.4 Å². The topological polar surface area (TPSA) is 84.9 Å². The van der Waals surface area contributed by atoms with Crippen LogP contribution in [0.25, 0.3) is 6.08 Å². The summed E-state index contributed by atoms with van der Waals surface area (Å²) in [5, 5.41) is 2.24. The standard InChI is InChI=1S/C24H24N2O5/c1-5-11-31-20-10-8-17(14-21(20)30-6-2)13-18-22(27)25-24(29)26(23(18)28)19-9-7-15(3)12-16(19)4/h5,7-10,12-14H,1,6,11H2,2-4H3,(H,25,27,29)/b18-13+. The quantitative estimate of drug-likeness (QED) is 0.417. The van der Waals surface area contributed by atoms with Gasteiger partial charge in [0.1, 0.15) is 12.2 Å². The summed E-state index contributed by atoms with van der Waals surface area (Å²) in [6.07, 6.45) is 3.05. The Labute approximate surface area is 181 Å². The highest BCUT2D eigenvalue weighted by molar-refractivity contribution is 6.39. The van der Waals surface area contributed by atoms with Crippen LogP contribution in [-0.2, 0) is 9.59 Å². The van der Waals surface area contributed by atoms with E-state index in [0.29, 0.717) is 36.0 Å².